The molecule has 0 unspecified atom stereocenters. The van der Waals surface area contributed by atoms with Crippen molar-refractivity contribution >= 4 is 0 Å². The first-order valence-corrected chi connectivity index (χ1v) is 8.37. The Hall–Kier alpha value is -2.74. The van der Waals surface area contributed by atoms with E-state index < -0.39 is 0 Å². The van der Waals surface area contributed by atoms with Crippen LogP contribution in [-0.2, 0) is 0 Å². The van der Waals surface area contributed by atoms with Gasteiger partial charge in [-0.1, -0.05) is 24.3 Å². The third kappa shape index (κ3) is 3.25. The highest BCUT2D eigenvalue weighted by molar-refractivity contribution is 5.79. The predicted octanol–water partition coefficient (Wildman–Crippen LogP) is 5.76. The Labute approximate surface area is 150 Å². The van der Waals surface area contributed by atoms with Crippen LogP contribution in [0.4, 0.5) is 0 Å². The summed E-state index contributed by atoms with van der Waals surface area (Å²) in [5.41, 5.74) is 8.43. The van der Waals surface area contributed by atoms with Crippen molar-refractivity contribution in [2.24, 2.45) is 0 Å². The molecule has 0 bridgehead atoms. The van der Waals surface area contributed by atoms with Crippen LogP contribution >= 0.6 is 0 Å². The molecule has 1 radical (unpaired) electrons. The lowest BCUT2D eigenvalue weighted by Crippen LogP contribution is -1.96. The Balaban J connectivity index is 2.09. The summed E-state index contributed by atoms with van der Waals surface area (Å²) >= 11 is 0. The predicted molar refractivity (Wildman–Crippen MR) is 103 cm³/mol. The molecule has 3 aromatic rings. The van der Waals surface area contributed by atoms with Crippen molar-refractivity contribution in [2.75, 3.05) is 14.2 Å². The van der Waals surface area contributed by atoms with Crippen molar-refractivity contribution in [1.29, 1.82) is 0 Å². The van der Waals surface area contributed by atoms with Crippen LogP contribution in [0.15, 0.2) is 48.5 Å². The number of hydrogen-bond acceptors (Lipinski definition) is 2. The van der Waals surface area contributed by atoms with Crippen LogP contribution in [0.5, 0.6) is 11.5 Å². The standard InChI is InChI=1S/C23H23O2/c1-15-14-22(18-6-10-20(24-4)11-7-18)16(2)17(3)23(15)19-8-12-21(25-5)13-9-19/h6-13H,1-5H3. The third-order valence-electron chi connectivity index (χ3n) is 4.76. The van der Waals surface area contributed by atoms with Gasteiger partial charge in [0, 0.05) is 0 Å². The number of hydrogen-bond donors (Lipinski definition) is 0. The zero-order chi connectivity index (χ0) is 18.0. The molecule has 0 saturated heterocycles. The molecule has 0 amide bonds. The van der Waals surface area contributed by atoms with Gasteiger partial charge in [0.2, 0.25) is 0 Å². The Bertz CT molecular complexity index is 875. The number of aryl methyl sites for hydroxylation is 1. The summed E-state index contributed by atoms with van der Waals surface area (Å²) in [6, 6.07) is 20.0. The van der Waals surface area contributed by atoms with E-state index in [0.717, 1.165) is 28.2 Å². The van der Waals surface area contributed by atoms with Gasteiger partial charge in [-0.2, -0.15) is 0 Å². The van der Waals surface area contributed by atoms with Gasteiger partial charge in [0.25, 0.3) is 0 Å². The van der Waals surface area contributed by atoms with E-state index >= 15 is 0 Å². The second kappa shape index (κ2) is 7.02. The van der Waals surface area contributed by atoms with Crippen LogP contribution in [-0.4, -0.2) is 14.2 Å². The van der Waals surface area contributed by atoms with Crippen LogP contribution in [0.25, 0.3) is 22.3 Å². The number of ether oxygens (including phenoxy) is 2. The monoisotopic (exact) mass is 331 g/mol. The summed E-state index contributed by atoms with van der Waals surface area (Å²) in [7, 11) is 3.37. The minimum absolute atomic E-state index is 0.865. The van der Waals surface area contributed by atoms with Crippen molar-refractivity contribution in [1.82, 2.24) is 0 Å². The van der Waals surface area contributed by atoms with Crippen LogP contribution in [0.1, 0.15) is 16.7 Å². The van der Waals surface area contributed by atoms with Crippen molar-refractivity contribution in [3.8, 4) is 33.8 Å². The molecule has 2 nitrogen and oxygen atoms in total. The van der Waals surface area contributed by atoms with E-state index in [9.17, 15) is 0 Å². The van der Waals surface area contributed by atoms with Crippen LogP contribution in [0.3, 0.4) is 0 Å². The molecule has 0 fully saturated rings. The third-order valence-corrected chi connectivity index (χ3v) is 4.76. The van der Waals surface area contributed by atoms with Gasteiger partial charge in [-0.05, 0) is 90.0 Å². The van der Waals surface area contributed by atoms with Crippen LogP contribution in [0.2, 0.25) is 0 Å². The fraction of sp³-hybridized carbons (Fsp3) is 0.217. The highest BCUT2D eigenvalue weighted by Crippen LogP contribution is 2.36. The first kappa shape index (κ1) is 17.1. The summed E-state index contributed by atoms with van der Waals surface area (Å²) in [4.78, 5) is 0. The fourth-order valence-electron chi connectivity index (χ4n) is 3.24. The lowest BCUT2D eigenvalue weighted by Gasteiger charge is -2.17. The average Bonchev–Trinajstić information content (AvgIpc) is 2.65. The second-order valence-electron chi connectivity index (χ2n) is 6.21. The quantitative estimate of drug-likeness (QED) is 0.605. The molecule has 0 N–H and O–H groups in total. The molecular formula is C23H23O2. The molecule has 0 atom stereocenters. The van der Waals surface area contributed by atoms with Crippen molar-refractivity contribution in [3.05, 3.63) is 71.3 Å². The van der Waals surface area contributed by atoms with Crippen molar-refractivity contribution in [2.45, 2.75) is 20.8 Å². The molecule has 0 aliphatic rings. The second-order valence-corrected chi connectivity index (χ2v) is 6.21. The summed E-state index contributed by atoms with van der Waals surface area (Å²) in [5, 5.41) is 0. The molecule has 3 aromatic carbocycles. The lowest BCUT2D eigenvalue weighted by atomic mass is 9.87. The molecule has 0 aromatic heterocycles. The molecule has 0 heterocycles. The van der Waals surface area contributed by atoms with E-state index in [-0.39, 0.29) is 0 Å². The number of methoxy groups -OCH3 is 2. The molecular weight excluding hydrogens is 308 g/mol. The Morgan fingerprint density at radius 2 is 1.12 bits per heavy atom. The SMILES string of the molecule is COc1ccc(-c2[c]c(C)c(-c3ccc(OC)cc3)c(C)c2C)cc1. The average molecular weight is 331 g/mol. The molecule has 0 aliphatic heterocycles. The van der Waals surface area contributed by atoms with Gasteiger partial charge in [-0.25, -0.2) is 0 Å². The van der Waals surface area contributed by atoms with Crippen LogP contribution < -0.4 is 9.47 Å². The molecule has 0 saturated carbocycles. The molecule has 127 valence electrons. The van der Waals surface area contributed by atoms with Gasteiger partial charge in [-0.3, -0.25) is 0 Å². The lowest BCUT2D eigenvalue weighted by molar-refractivity contribution is 0.415. The molecule has 0 aliphatic carbocycles. The summed E-state index contributed by atoms with van der Waals surface area (Å²) < 4.78 is 10.5. The maximum atomic E-state index is 5.27. The summed E-state index contributed by atoms with van der Waals surface area (Å²) in [6.07, 6.45) is 0. The van der Waals surface area contributed by atoms with E-state index in [4.69, 9.17) is 9.47 Å². The number of rotatable bonds is 4. The molecule has 25 heavy (non-hydrogen) atoms. The van der Waals surface area contributed by atoms with Gasteiger partial charge in [0.1, 0.15) is 11.5 Å². The maximum Gasteiger partial charge on any atom is 0.118 e. The maximum absolute atomic E-state index is 5.27. The van der Waals surface area contributed by atoms with Gasteiger partial charge in [0.05, 0.1) is 14.2 Å². The first-order chi connectivity index (χ1) is 12.0. The Morgan fingerprint density at radius 3 is 1.60 bits per heavy atom. The van der Waals surface area contributed by atoms with E-state index in [2.05, 4.69) is 51.1 Å². The zero-order valence-corrected chi connectivity index (χ0v) is 15.4. The smallest absolute Gasteiger partial charge is 0.118 e. The topological polar surface area (TPSA) is 18.5 Å². The van der Waals surface area contributed by atoms with Crippen molar-refractivity contribution < 1.29 is 9.47 Å². The fourth-order valence-corrected chi connectivity index (χ4v) is 3.24. The van der Waals surface area contributed by atoms with Gasteiger partial charge in [-0.15, -0.1) is 0 Å². The normalized spacial score (nSPS) is 10.6. The Morgan fingerprint density at radius 1 is 0.640 bits per heavy atom. The van der Waals surface area contributed by atoms with Gasteiger partial charge >= 0.3 is 0 Å². The highest BCUT2D eigenvalue weighted by Gasteiger charge is 2.14. The van der Waals surface area contributed by atoms with E-state index in [1.807, 2.05) is 24.3 Å². The summed E-state index contributed by atoms with van der Waals surface area (Å²) in [6.45, 7) is 6.47. The van der Waals surface area contributed by atoms with Gasteiger partial charge < -0.3 is 9.47 Å². The molecule has 0 spiro atoms. The van der Waals surface area contributed by atoms with E-state index in [0.29, 0.717) is 0 Å². The molecule has 3 rings (SSSR count). The Kier molecular flexibility index (Phi) is 4.80. The van der Waals surface area contributed by atoms with E-state index in [1.165, 1.54) is 22.3 Å². The summed E-state index contributed by atoms with van der Waals surface area (Å²) in [5.74, 6) is 1.74. The largest absolute Gasteiger partial charge is 0.497 e. The molecule has 2 heteroatoms. The zero-order valence-electron chi connectivity index (χ0n) is 15.4. The minimum atomic E-state index is 0.865. The van der Waals surface area contributed by atoms with Gasteiger partial charge in [0.15, 0.2) is 0 Å². The van der Waals surface area contributed by atoms with Crippen molar-refractivity contribution in [3.63, 3.8) is 0 Å². The van der Waals surface area contributed by atoms with Crippen LogP contribution in [0, 0.1) is 26.8 Å². The highest BCUT2D eigenvalue weighted by atomic mass is 16.5. The number of benzene rings is 3. The first-order valence-electron chi connectivity index (χ1n) is 8.37. The van der Waals surface area contributed by atoms with E-state index in [1.54, 1.807) is 14.2 Å². The minimum Gasteiger partial charge on any atom is -0.497 e.